The van der Waals surface area contributed by atoms with Crippen molar-refractivity contribution in [3.8, 4) is 5.75 Å². The first kappa shape index (κ1) is 12.1. The standard InChI is InChI=1S/C14H12BrFO/c1-9-2-3-11(14(17)6-9)7-10-4-5-12(15)8-13(10)16/h2-6,8,17H,7H2,1H3. The average molecular weight is 295 g/mol. The minimum absolute atomic E-state index is 0.215. The molecule has 3 heteroatoms. The molecule has 0 radical (unpaired) electrons. The van der Waals surface area contributed by atoms with Crippen LogP contribution >= 0.6 is 15.9 Å². The van der Waals surface area contributed by atoms with Crippen LogP contribution in [0.15, 0.2) is 40.9 Å². The van der Waals surface area contributed by atoms with E-state index < -0.39 is 0 Å². The van der Waals surface area contributed by atoms with E-state index >= 15 is 0 Å². The topological polar surface area (TPSA) is 20.2 Å². The molecule has 2 rings (SSSR count). The third-order valence-corrected chi connectivity index (χ3v) is 3.13. The van der Waals surface area contributed by atoms with E-state index in [1.807, 2.05) is 19.1 Å². The van der Waals surface area contributed by atoms with Gasteiger partial charge in [-0.2, -0.15) is 0 Å². The van der Waals surface area contributed by atoms with E-state index in [2.05, 4.69) is 15.9 Å². The van der Waals surface area contributed by atoms with E-state index in [9.17, 15) is 9.50 Å². The molecule has 1 N–H and O–H groups in total. The summed E-state index contributed by atoms with van der Waals surface area (Å²) < 4.78 is 14.4. The zero-order chi connectivity index (χ0) is 12.4. The second-order valence-electron chi connectivity index (χ2n) is 4.04. The lowest BCUT2D eigenvalue weighted by molar-refractivity contribution is 0.468. The number of aryl methyl sites for hydroxylation is 1. The van der Waals surface area contributed by atoms with Gasteiger partial charge in [-0.3, -0.25) is 0 Å². The third-order valence-electron chi connectivity index (χ3n) is 2.64. The average Bonchev–Trinajstić information content (AvgIpc) is 2.25. The van der Waals surface area contributed by atoms with Crippen LogP contribution in [0.5, 0.6) is 5.75 Å². The van der Waals surface area contributed by atoms with Gasteiger partial charge in [0.05, 0.1) is 0 Å². The summed E-state index contributed by atoms with van der Waals surface area (Å²) in [5.41, 5.74) is 2.30. The number of phenols is 1. The van der Waals surface area contributed by atoms with Crippen molar-refractivity contribution in [1.29, 1.82) is 0 Å². The van der Waals surface area contributed by atoms with E-state index in [4.69, 9.17) is 0 Å². The molecule has 0 aliphatic heterocycles. The lowest BCUT2D eigenvalue weighted by Gasteiger charge is -2.07. The fourth-order valence-electron chi connectivity index (χ4n) is 1.69. The largest absolute Gasteiger partial charge is 0.508 e. The van der Waals surface area contributed by atoms with Crippen LogP contribution in [-0.2, 0) is 6.42 Å². The highest BCUT2D eigenvalue weighted by molar-refractivity contribution is 9.10. The maximum atomic E-state index is 13.6. The molecule has 88 valence electrons. The minimum atomic E-state index is -0.264. The summed E-state index contributed by atoms with van der Waals surface area (Å²) in [6, 6.07) is 10.4. The van der Waals surface area contributed by atoms with Crippen molar-refractivity contribution in [2.45, 2.75) is 13.3 Å². The van der Waals surface area contributed by atoms with Crippen molar-refractivity contribution in [3.05, 3.63) is 63.4 Å². The fourth-order valence-corrected chi connectivity index (χ4v) is 2.03. The first-order valence-corrected chi connectivity index (χ1v) is 6.08. The summed E-state index contributed by atoms with van der Waals surface area (Å²) in [5, 5.41) is 9.77. The minimum Gasteiger partial charge on any atom is -0.508 e. The molecule has 0 unspecified atom stereocenters. The van der Waals surface area contributed by atoms with E-state index in [0.717, 1.165) is 11.1 Å². The number of hydrogen-bond acceptors (Lipinski definition) is 1. The zero-order valence-electron chi connectivity index (χ0n) is 9.37. The highest BCUT2D eigenvalue weighted by atomic mass is 79.9. The van der Waals surface area contributed by atoms with Gasteiger partial charge in [-0.15, -0.1) is 0 Å². The van der Waals surface area contributed by atoms with Gasteiger partial charge in [-0.25, -0.2) is 4.39 Å². The van der Waals surface area contributed by atoms with Gasteiger partial charge < -0.3 is 5.11 Å². The van der Waals surface area contributed by atoms with Gasteiger partial charge in [0.15, 0.2) is 0 Å². The highest BCUT2D eigenvalue weighted by Gasteiger charge is 2.07. The lowest BCUT2D eigenvalue weighted by atomic mass is 10.0. The number of benzene rings is 2. The summed E-state index contributed by atoms with van der Waals surface area (Å²) in [4.78, 5) is 0. The fraction of sp³-hybridized carbons (Fsp3) is 0.143. The highest BCUT2D eigenvalue weighted by Crippen LogP contribution is 2.24. The molecule has 0 fully saturated rings. The van der Waals surface area contributed by atoms with Gasteiger partial charge in [0.25, 0.3) is 0 Å². The van der Waals surface area contributed by atoms with Crippen molar-refractivity contribution in [3.63, 3.8) is 0 Å². The molecule has 2 aromatic carbocycles. The van der Waals surface area contributed by atoms with Gasteiger partial charge in [0.1, 0.15) is 11.6 Å². The molecule has 0 aliphatic rings. The van der Waals surface area contributed by atoms with Gasteiger partial charge in [-0.05, 0) is 41.8 Å². The summed E-state index contributed by atoms with van der Waals surface area (Å²) in [7, 11) is 0. The van der Waals surface area contributed by atoms with Crippen LogP contribution in [0, 0.1) is 12.7 Å². The van der Waals surface area contributed by atoms with Crippen molar-refractivity contribution in [2.75, 3.05) is 0 Å². The number of rotatable bonds is 2. The Bertz CT molecular complexity index is 502. The van der Waals surface area contributed by atoms with Crippen LogP contribution < -0.4 is 0 Å². The second kappa shape index (κ2) is 4.88. The Balaban J connectivity index is 2.31. The first-order valence-electron chi connectivity index (χ1n) is 5.28. The molecule has 2 aromatic rings. The molecule has 0 atom stereocenters. The Hall–Kier alpha value is -1.35. The molecule has 0 saturated carbocycles. The predicted molar refractivity (Wildman–Crippen MR) is 69.7 cm³/mol. The summed E-state index contributed by atoms with van der Waals surface area (Å²) >= 11 is 3.22. The maximum absolute atomic E-state index is 13.6. The number of aromatic hydroxyl groups is 1. The summed E-state index contributed by atoms with van der Waals surface area (Å²) in [6.45, 7) is 1.91. The Labute approximate surface area is 108 Å². The molecule has 0 aliphatic carbocycles. The molecular weight excluding hydrogens is 283 g/mol. The normalized spacial score (nSPS) is 10.5. The van der Waals surface area contributed by atoms with E-state index in [-0.39, 0.29) is 11.6 Å². The molecule has 17 heavy (non-hydrogen) atoms. The Kier molecular flexibility index (Phi) is 3.48. The molecule has 1 nitrogen and oxygen atoms in total. The number of phenolic OH excluding ortho intramolecular Hbond substituents is 1. The molecule has 0 spiro atoms. The number of halogens is 2. The molecule has 0 aromatic heterocycles. The predicted octanol–water partition coefficient (Wildman–Crippen LogP) is 4.19. The van der Waals surface area contributed by atoms with Gasteiger partial charge in [-0.1, -0.05) is 34.1 Å². The Morgan fingerprint density at radius 1 is 1.12 bits per heavy atom. The first-order chi connectivity index (χ1) is 8.06. The summed E-state index contributed by atoms with van der Waals surface area (Å²) in [5.74, 6) is -0.0494. The Morgan fingerprint density at radius 3 is 2.47 bits per heavy atom. The van der Waals surface area contributed by atoms with Crippen LogP contribution in [0.3, 0.4) is 0 Å². The molecule has 0 bridgehead atoms. The third kappa shape index (κ3) is 2.86. The van der Waals surface area contributed by atoms with Crippen LogP contribution in [0.25, 0.3) is 0 Å². The van der Waals surface area contributed by atoms with Crippen LogP contribution in [-0.4, -0.2) is 5.11 Å². The second-order valence-corrected chi connectivity index (χ2v) is 4.96. The van der Waals surface area contributed by atoms with Crippen molar-refractivity contribution >= 4 is 15.9 Å². The SMILES string of the molecule is Cc1ccc(Cc2ccc(Br)cc2F)c(O)c1. The van der Waals surface area contributed by atoms with Crippen LogP contribution in [0.1, 0.15) is 16.7 Å². The quantitative estimate of drug-likeness (QED) is 0.880. The number of hydrogen-bond donors (Lipinski definition) is 1. The monoisotopic (exact) mass is 294 g/mol. The van der Waals surface area contributed by atoms with E-state index in [1.165, 1.54) is 6.07 Å². The molecule has 0 saturated heterocycles. The van der Waals surface area contributed by atoms with Gasteiger partial charge in [0.2, 0.25) is 0 Å². The van der Waals surface area contributed by atoms with Crippen molar-refractivity contribution < 1.29 is 9.50 Å². The van der Waals surface area contributed by atoms with Gasteiger partial charge >= 0.3 is 0 Å². The lowest BCUT2D eigenvalue weighted by Crippen LogP contribution is -1.93. The van der Waals surface area contributed by atoms with E-state index in [1.54, 1.807) is 18.2 Å². The molecule has 0 amide bonds. The molecular formula is C14H12BrFO. The van der Waals surface area contributed by atoms with Crippen LogP contribution in [0.2, 0.25) is 0 Å². The zero-order valence-corrected chi connectivity index (χ0v) is 11.0. The van der Waals surface area contributed by atoms with Crippen molar-refractivity contribution in [2.24, 2.45) is 0 Å². The smallest absolute Gasteiger partial charge is 0.127 e. The summed E-state index contributed by atoms with van der Waals surface area (Å²) in [6.07, 6.45) is 0.394. The van der Waals surface area contributed by atoms with Gasteiger partial charge in [0, 0.05) is 10.9 Å². The van der Waals surface area contributed by atoms with Crippen molar-refractivity contribution in [1.82, 2.24) is 0 Å². The maximum Gasteiger partial charge on any atom is 0.127 e. The van der Waals surface area contributed by atoms with Crippen LogP contribution in [0.4, 0.5) is 4.39 Å². The molecule has 0 heterocycles. The van der Waals surface area contributed by atoms with E-state index in [0.29, 0.717) is 16.5 Å². The Morgan fingerprint density at radius 2 is 1.82 bits per heavy atom.